The van der Waals surface area contributed by atoms with Crippen molar-refractivity contribution in [3.8, 4) is 17.2 Å². The number of fused-ring (bicyclic) bond motifs is 2. The molecule has 188 valence electrons. The van der Waals surface area contributed by atoms with Crippen LogP contribution in [0.15, 0.2) is 101 Å². The Morgan fingerprint density at radius 2 is 1.73 bits per heavy atom. The fraction of sp³-hybridized carbons (Fsp3) is 0.241. The summed E-state index contributed by atoms with van der Waals surface area (Å²) in [6, 6.07) is 20.1. The first kappa shape index (κ1) is 24.5. The number of ether oxygens (including phenoxy) is 2. The minimum Gasteiger partial charge on any atom is -0.500 e. The molecule has 5 heterocycles. The molecule has 2 N–H and O–H groups in total. The van der Waals surface area contributed by atoms with Gasteiger partial charge in [-0.2, -0.15) is 5.11 Å². The second-order valence-electron chi connectivity index (χ2n) is 9.58. The van der Waals surface area contributed by atoms with Crippen LogP contribution >= 0.6 is 0 Å². The number of nitrogens with zero attached hydrogens (tertiary/aromatic N) is 4. The average Bonchev–Trinajstić information content (AvgIpc) is 3.44. The third-order valence-corrected chi connectivity index (χ3v) is 7.06. The molecule has 4 aliphatic rings. The Morgan fingerprint density at radius 1 is 1.03 bits per heavy atom. The van der Waals surface area contributed by atoms with Crippen LogP contribution in [0.2, 0.25) is 0 Å². The van der Waals surface area contributed by atoms with Gasteiger partial charge in [-0.25, -0.2) is 0 Å². The lowest BCUT2D eigenvalue weighted by Gasteiger charge is -2.33. The maximum Gasteiger partial charge on any atom is 0.283 e. The van der Waals surface area contributed by atoms with E-state index in [1.54, 1.807) is 0 Å². The lowest BCUT2D eigenvalue weighted by atomic mass is 9.93. The second-order valence-corrected chi connectivity index (χ2v) is 9.58. The Bertz CT molecular complexity index is 1370. The molecule has 1 aromatic heterocycles. The standard InChI is InChI=1S/C29H32BN5O2/c1-21-19-29(2)16-14-22-6-8-24(9-7-22)37-25-12-10-23(11-13-25)36-20-30-35-18-4-5-27(35)26(15-17-32-33-31)28(21)34(29)3/h4-14,16,18-19,30H,15,17,20H2,1-3H3,(H2,31,32)/b16-14+,28-26-. The molecule has 1 atom stereocenters. The number of nitrogens with two attached hydrogens (primary N) is 1. The van der Waals surface area contributed by atoms with Gasteiger partial charge in [-0.15, -0.1) is 0 Å². The predicted molar refractivity (Wildman–Crippen MR) is 150 cm³/mol. The predicted octanol–water partition coefficient (Wildman–Crippen LogP) is 5.62. The zero-order valence-corrected chi connectivity index (χ0v) is 21.6. The number of likely N-dealkylation sites (N-methyl/N-ethyl adjacent to an activating group) is 1. The van der Waals surface area contributed by atoms with E-state index < -0.39 is 0 Å². The summed E-state index contributed by atoms with van der Waals surface area (Å²) in [6.45, 7) is 5.47. The zero-order chi connectivity index (χ0) is 25.8. The summed E-state index contributed by atoms with van der Waals surface area (Å²) < 4.78 is 14.3. The van der Waals surface area contributed by atoms with Gasteiger partial charge in [0, 0.05) is 24.0 Å². The smallest absolute Gasteiger partial charge is 0.283 e. The molecular weight excluding hydrogens is 461 g/mol. The first-order chi connectivity index (χ1) is 18.0. The van der Waals surface area contributed by atoms with E-state index in [1.165, 1.54) is 16.8 Å². The highest BCUT2D eigenvalue weighted by Crippen LogP contribution is 2.40. The van der Waals surface area contributed by atoms with Gasteiger partial charge >= 0.3 is 0 Å². The van der Waals surface area contributed by atoms with Crippen molar-refractivity contribution >= 4 is 19.1 Å². The van der Waals surface area contributed by atoms with Crippen LogP contribution in [0.4, 0.5) is 0 Å². The van der Waals surface area contributed by atoms with Crippen LogP contribution < -0.4 is 15.3 Å². The van der Waals surface area contributed by atoms with Gasteiger partial charge in [-0.1, -0.05) is 35.6 Å². The third-order valence-electron chi connectivity index (χ3n) is 7.06. The Kier molecular flexibility index (Phi) is 6.90. The lowest BCUT2D eigenvalue weighted by molar-refractivity contribution is 0.323. The molecule has 7 nitrogen and oxygen atoms in total. The molecule has 4 aliphatic heterocycles. The molecule has 37 heavy (non-hydrogen) atoms. The van der Waals surface area contributed by atoms with Gasteiger partial charge in [0.25, 0.3) is 7.41 Å². The minimum atomic E-state index is -0.280. The number of benzene rings is 2. The van der Waals surface area contributed by atoms with Gasteiger partial charge < -0.3 is 24.7 Å². The van der Waals surface area contributed by atoms with Crippen LogP contribution in [0.25, 0.3) is 11.6 Å². The van der Waals surface area contributed by atoms with Gasteiger partial charge in [0.2, 0.25) is 0 Å². The first-order valence-electron chi connectivity index (χ1n) is 12.6. The fourth-order valence-corrected chi connectivity index (χ4v) is 5.09. The van der Waals surface area contributed by atoms with E-state index in [0.29, 0.717) is 20.5 Å². The maximum atomic E-state index is 6.07. The van der Waals surface area contributed by atoms with Crippen LogP contribution in [-0.2, 0) is 0 Å². The summed E-state index contributed by atoms with van der Waals surface area (Å²) in [7, 11) is 2.87. The normalized spacial score (nSPS) is 22.2. The summed E-state index contributed by atoms with van der Waals surface area (Å²) in [4.78, 5) is 2.35. The highest BCUT2D eigenvalue weighted by molar-refractivity contribution is 6.34. The average molecular weight is 493 g/mol. The summed E-state index contributed by atoms with van der Waals surface area (Å²) >= 11 is 0. The first-order valence-corrected chi connectivity index (χ1v) is 12.6. The van der Waals surface area contributed by atoms with Crippen molar-refractivity contribution in [1.29, 1.82) is 0 Å². The second kappa shape index (κ2) is 10.4. The van der Waals surface area contributed by atoms with Crippen molar-refractivity contribution in [1.82, 2.24) is 9.38 Å². The van der Waals surface area contributed by atoms with Crippen molar-refractivity contribution in [2.45, 2.75) is 25.8 Å². The maximum absolute atomic E-state index is 6.07. The van der Waals surface area contributed by atoms with Crippen LogP contribution in [0.3, 0.4) is 0 Å². The van der Waals surface area contributed by atoms with Crippen LogP contribution in [0, 0.1) is 0 Å². The molecule has 0 aliphatic carbocycles. The molecule has 0 spiro atoms. The number of allylic oxidation sites excluding steroid dienone is 1. The van der Waals surface area contributed by atoms with Crippen molar-refractivity contribution in [2.75, 3.05) is 20.1 Å². The van der Waals surface area contributed by atoms with Gasteiger partial charge in [0.15, 0.2) is 0 Å². The van der Waals surface area contributed by atoms with E-state index in [1.807, 2.05) is 36.4 Å². The van der Waals surface area contributed by atoms with Crippen molar-refractivity contribution in [3.05, 3.63) is 102 Å². The quantitative estimate of drug-likeness (QED) is 0.222. The van der Waals surface area contributed by atoms with Gasteiger partial charge in [0.1, 0.15) is 17.2 Å². The van der Waals surface area contributed by atoms with E-state index in [4.69, 9.17) is 15.3 Å². The minimum absolute atomic E-state index is 0.280. The number of aromatic nitrogens is 1. The summed E-state index contributed by atoms with van der Waals surface area (Å²) in [5, 5.41) is 7.56. The summed E-state index contributed by atoms with van der Waals surface area (Å²) in [6.07, 6.45) is 9.56. The number of hydrogen-bond donors (Lipinski definition) is 1. The molecule has 0 amide bonds. The van der Waals surface area contributed by atoms with Gasteiger partial charge in [-0.05, 0) is 86.1 Å². The Balaban J connectivity index is 1.59. The molecule has 0 saturated heterocycles. The van der Waals surface area contributed by atoms with Crippen molar-refractivity contribution in [2.24, 2.45) is 16.2 Å². The highest BCUT2D eigenvalue weighted by atomic mass is 16.5. The Hall–Kier alpha value is -4.20. The number of rotatable bonds is 3. The topological polar surface area (TPSA) is 77.4 Å². The molecule has 8 heteroatoms. The Labute approximate surface area is 218 Å². The number of hydrogen-bond acceptors (Lipinski definition) is 5. The molecule has 0 fully saturated rings. The molecule has 1 unspecified atom stereocenters. The van der Waals surface area contributed by atoms with E-state index in [2.05, 4.69) is 89.3 Å². The molecular formula is C29H32BN5O2. The Morgan fingerprint density at radius 3 is 2.46 bits per heavy atom. The van der Waals surface area contributed by atoms with Crippen molar-refractivity contribution < 1.29 is 9.47 Å². The third kappa shape index (κ3) is 5.19. The zero-order valence-electron chi connectivity index (χ0n) is 21.6. The molecule has 0 radical (unpaired) electrons. The highest BCUT2D eigenvalue weighted by Gasteiger charge is 2.35. The molecule has 6 bridgehead atoms. The fourth-order valence-electron chi connectivity index (χ4n) is 5.09. The van der Waals surface area contributed by atoms with E-state index in [9.17, 15) is 0 Å². The molecule has 3 aromatic rings. The summed E-state index contributed by atoms with van der Waals surface area (Å²) in [5.74, 6) is 7.70. The largest absolute Gasteiger partial charge is 0.500 e. The van der Waals surface area contributed by atoms with E-state index in [0.717, 1.165) is 34.9 Å². The van der Waals surface area contributed by atoms with Crippen LogP contribution in [0.1, 0.15) is 31.5 Å². The molecule has 7 rings (SSSR count). The van der Waals surface area contributed by atoms with E-state index >= 15 is 0 Å². The van der Waals surface area contributed by atoms with Crippen molar-refractivity contribution in [3.63, 3.8) is 0 Å². The molecule has 0 saturated carbocycles. The van der Waals surface area contributed by atoms with E-state index in [-0.39, 0.29) is 5.54 Å². The molecule has 2 aromatic carbocycles. The van der Waals surface area contributed by atoms with Gasteiger partial charge in [0.05, 0.1) is 18.6 Å². The van der Waals surface area contributed by atoms with Crippen LogP contribution in [-0.4, -0.2) is 42.4 Å². The lowest BCUT2D eigenvalue weighted by Crippen LogP contribution is -2.36. The monoisotopic (exact) mass is 493 g/mol. The van der Waals surface area contributed by atoms with Crippen LogP contribution in [0.5, 0.6) is 17.2 Å². The summed E-state index contributed by atoms with van der Waals surface area (Å²) in [5.41, 5.74) is 5.62. The van der Waals surface area contributed by atoms with Gasteiger partial charge in [-0.3, -0.25) is 0 Å². The SMILES string of the molecule is CC1=CC2(C)/C=C/c3ccc(cc3)Oc3ccc(cc3)OCBn3cccc3/C(CCN=NN)=C/1N2C.